The average Bonchev–Trinajstić information content (AvgIpc) is 3.30. The van der Waals surface area contributed by atoms with Crippen LogP contribution < -0.4 is 15.1 Å². The van der Waals surface area contributed by atoms with E-state index in [0.717, 1.165) is 81.6 Å². The van der Waals surface area contributed by atoms with Gasteiger partial charge in [0.1, 0.15) is 5.82 Å². The van der Waals surface area contributed by atoms with Crippen LogP contribution in [0.25, 0.3) is 0 Å². The predicted octanol–water partition coefficient (Wildman–Crippen LogP) is 2.84. The summed E-state index contributed by atoms with van der Waals surface area (Å²) >= 11 is 0. The van der Waals surface area contributed by atoms with E-state index in [4.69, 9.17) is 9.97 Å². The smallest absolute Gasteiger partial charge is 0.227 e. The summed E-state index contributed by atoms with van der Waals surface area (Å²) in [4.78, 5) is 18.9. The minimum atomic E-state index is 0.588. The van der Waals surface area contributed by atoms with Crippen LogP contribution in [0.1, 0.15) is 44.0 Å². The highest BCUT2D eigenvalue weighted by Gasteiger charge is 2.22. The van der Waals surface area contributed by atoms with Gasteiger partial charge in [-0.1, -0.05) is 13.0 Å². The maximum atomic E-state index is 4.93. The number of piperidine rings is 1. The van der Waals surface area contributed by atoms with Gasteiger partial charge in [-0.2, -0.15) is 4.98 Å². The summed E-state index contributed by atoms with van der Waals surface area (Å²) in [7, 11) is 0. The Morgan fingerprint density at radius 1 is 1.00 bits per heavy atom. The summed E-state index contributed by atoms with van der Waals surface area (Å²) in [5.41, 5.74) is 2.32. The lowest BCUT2D eigenvalue weighted by Crippen LogP contribution is -2.43. The molecule has 4 rings (SSSR count). The van der Waals surface area contributed by atoms with E-state index in [1.165, 1.54) is 12.8 Å². The van der Waals surface area contributed by atoms with Crippen molar-refractivity contribution in [2.75, 3.05) is 42.5 Å². The van der Waals surface area contributed by atoms with Crippen LogP contribution in [0.3, 0.4) is 0 Å². The standard InChI is InChI=1S/C22H32N6/c1-2-18-17-21(26-22(25-18)28-13-5-6-14-28)27-15-9-20(10-16-27)24-12-8-19-7-3-4-11-23-19/h3-4,7,11,17,20,24H,2,5-6,8-10,12-16H2,1H3. The maximum Gasteiger partial charge on any atom is 0.227 e. The van der Waals surface area contributed by atoms with Crippen LogP contribution in [0, 0.1) is 0 Å². The number of rotatable bonds is 7. The number of nitrogens with one attached hydrogen (secondary N) is 1. The zero-order chi connectivity index (χ0) is 19.2. The lowest BCUT2D eigenvalue weighted by atomic mass is 10.0. The molecule has 0 aromatic carbocycles. The molecule has 4 heterocycles. The molecule has 0 spiro atoms. The van der Waals surface area contributed by atoms with Gasteiger partial charge in [0.2, 0.25) is 5.95 Å². The second kappa shape index (κ2) is 9.32. The van der Waals surface area contributed by atoms with Crippen LogP contribution in [0.5, 0.6) is 0 Å². The molecule has 2 aliphatic heterocycles. The molecule has 2 aromatic heterocycles. The molecule has 6 heteroatoms. The fraction of sp³-hybridized carbons (Fsp3) is 0.591. The van der Waals surface area contributed by atoms with Gasteiger partial charge >= 0.3 is 0 Å². The zero-order valence-electron chi connectivity index (χ0n) is 17.0. The van der Waals surface area contributed by atoms with Crippen LogP contribution in [0.4, 0.5) is 11.8 Å². The molecule has 6 nitrogen and oxygen atoms in total. The van der Waals surface area contributed by atoms with Gasteiger partial charge in [0.25, 0.3) is 0 Å². The third-order valence-electron chi connectivity index (χ3n) is 5.86. The topological polar surface area (TPSA) is 57.2 Å². The van der Waals surface area contributed by atoms with E-state index in [1.807, 2.05) is 12.3 Å². The van der Waals surface area contributed by atoms with Gasteiger partial charge in [0.15, 0.2) is 0 Å². The molecule has 0 radical (unpaired) electrons. The van der Waals surface area contributed by atoms with Gasteiger partial charge in [-0.15, -0.1) is 0 Å². The lowest BCUT2D eigenvalue weighted by molar-refractivity contribution is 0.415. The summed E-state index contributed by atoms with van der Waals surface area (Å²) in [6, 6.07) is 8.91. The highest BCUT2D eigenvalue weighted by molar-refractivity contribution is 5.47. The molecule has 2 fully saturated rings. The molecule has 150 valence electrons. The van der Waals surface area contributed by atoms with E-state index < -0.39 is 0 Å². The van der Waals surface area contributed by atoms with Crippen molar-refractivity contribution in [1.82, 2.24) is 20.3 Å². The summed E-state index contributed by atoms with van der Waals surface area (Å²) < 4.78 is 0. The van der Waals surface area contributed by atoms with Crippen molar-refractivity contribution >= 4 is 11.8 Å². The molecule has 28 heavy (non-hydrogen) atoms. The molecule has 0 saturated carbocycles. The van der Waals surface area contributed by atoms with Gasteiger partial charge in [0, 0.05) is 68.8 Å². The largest absolute Gasteiger partial charge is 0.356 e. The first-order valence-electron chi connectivity index (χ1n) is 10.8. The second-order valence-corrected chi connectivity index (χ2v) is 7.85. The van der Waals surface area contributed by atoms with Crippen molar-refractivity contribution in [2.45, 2.75) is 51.5 Å². The Bertz CT molecular complexity index is 736. The fourth-order valence-electron chi connectivity index (χ4n) is 4.13. The van der Waals surface area contributed by atoms with Gasteiger partial charge in [-0.3, -0.25) is 4.98 Å². The first-order chi connectivity index (χ1) is 13.8. The van der Waals surface area contributed by atoms with E-state index in [0.29, 0.717) is 6.04 Å². The minimum absolute atomic E-state index is 0.588. The van der Waals surface area contributed by atoms with Crippen LogP contribution >= 0.6 is 0 Å². The van der Waals surface area contributed by atoms with Crippen LogP contribution in [-0.4, -0.2) is 53.7 Å². The van der Waals surface area contributed by atoms with E-state index in [1.54, 1.807) is 0 Å². The Labute approximate surface area is 168 Å². The summed E-state index contributed by atoms with van der Waals surface area (Å²) in [5, 5.41) is 3.71. The zero-order valence-corrected chi connectivity index (χ0v) is 17.0. The van der Waals surface area contributed by atoms with Crippen LogP contribution in [-0.2, 0) is 12.8 Å². The highest BCUT2D eigenvalue weighted by Crippen LogP contribution is 2.24. The number of pyridine rings is 1. The predicted molar refractivity (Wildman–Crippen MR) is 114 cm³/mol. The first-order valence-corrected chi connectivity index (χ1v) is 10.8. The van der Waals surface area contributed by atoms with Gasteiger partial charge < -0.3 is 15.1 Å². The molecule has 0 unspecified atom stereocenters. The fourth-order valence-corrected chi connectivity index (χ4v) is 4.13. The van der Waals surface area contributed by atoms with Crippen LogP contribution in [0.2, 0.25) is 0 Å². The van der Waals surface area contributed by atoms with Crippen molar-refractivity contribution in [3.8, 4) is 0 Å². The molecular formula is C22H32N6. The Hall–Kier alpha value is -2.21. The Morgan fingerprint density at radius 3 is 2.54 bits per heavy atom. The quantitative estimate of drug-likeness (QED) is 0.797. The molecule has 2 saturated heterocycles. The lowest BCUT2D eigenvalue weighted by Gasteiger charge is -2.34. The number of nitrogens with zero attached hydrogens (tertiary/aromatic N) is 5. The van der Waals surface area contributed by atoms with Crippen molar-refractivity contribution in [3.05, 3.63) is 41.9 Å². The molecule has 2 aliphatic rings. The number of aromatic nitrogens is 3. The summed E-state index contributed by atoms with van der Waals surface area (Å²) in [5.74, 6) is 2.04. The van der Waals surface area contributed by atoms with Crippen LogP contribution in [0.15, 0.2) is 30.5 Å². The summed E-state index contributed by atoms with van der Waals surface area (Å²) in [6.07, 6.45) is 8.65. The van der Waals surface area contributed by atoms with Crippen molar-refractivity contribution in [2.24, 2.45) is 0 Å². The first kappa shape index (κ1) is 19.1. The average molecular weight is 381 g/mol. The van der Waals surface area contributed by atoms with E-state index in [9.17, 15) is 0 Å². The van der Waals surface area contributed by atoms with E-state index in [2.05, 4.69) is 45.2 Å². The van der Waals surface area contributed by atoms with E-state index in [-0.39, 0.29) is 0 Å². The van der Waals surface area contributed by atoms with Gasteiger partial charge in [0.05, 0.1) is 0 Å². The Kier molecular flexibility index (Phi) is 6.37. The van der Waals surface area contributed by atoms with E-state index >= 15 is 0 Å². The molecule has 0 atom stereocenters. The molecule has 2 aromatic rings. The SMILES string of the molecule is CCc1cc(N2CCC(NCCc3ccccn3)CC2)nc(N2CCCC2)n1. The number of hydrogen-bond acceptors (Lipinski definition) is 6. The normalized spacial score (nSPS) is 18.0. The van der Waals surface area contributed by atoms with Crippen molar-refractivity contribution in [1.29, 1.82) is 0 Å². The Balaban J connectivity index is 1.31. The Morgan fingerprint density at radius 2 is 1.82 bits per heavy atom. The minimum Gasteiger partial charge on any atom is -0.356 e. The third-order valence-corrected chi connectivity index (χ3v) is 5.86. The van der Waals surface area contributed by atoms with Gasteiger partial charge in [-0.25, -0.2) is 4.98 Å². The number of aryl methyl sites for hydroxylation is 1. The van der Waals surface area contributed by atoms with Crippen molar-refractivity contribution < 1.29 is 0 Å². The number of hydrogen-bond donors (Lipinski definition) is 1. The van der Waals surface area contributed by atoms with Crippen molar-refractivity contribution in [3.63, 3.8) is 0 Å². The molecule has 1 N–H and O–H groups in total. The molecule has 0 amide bonds. The second-order valence-electron chi connectivity index (χ2n) is 7.85. The monoisotopic (exact) mass is 380 g/mol. The third kappa shape index (κ3) is 4.79. The highest BCUT2D eigenvalue weighted by atomic mass is 15.3. The maximum absolute atomic E-state index is 4.93. The number of anilines is 2. The van der Waals surface area contributed by atoms with Gasteiger partial charge in [-0.05, 0) is 44.2 Å². The molecule has 0 bridgehead atoms. The summed E-state index contributed by atoms with van der Waals surface area (Å²) in [6.45, 7) is 7.47. The molecule has 0 aliphatic carbocycles. The molecular weight excluding hydrogens is 348 g/mol.